The Morgan fingerprint density at radius 2 is 1.06 bits per heavy atom. The Bertz CT molecular complexity index is 3960. The maximum absolute atomic E-state index is 6.83. The van der Waals surface area contributed by atoms with E-state index in [0.29, 0.717) is 0 Å². The lowest BCUT2D eigenvalue weighted by molar-refractivity contribution is 0.590. The summed E-state index contributed by atoms with van der Waals surface area (Å²) in [6.07, 6.45) is 0. The summed E-state index contributed by atoms with van der Waals surface area (Å²) < 4.78 is 22.8. The minimum atomic E-state index is -0.174. The Morgan fingerprint density at radius 1 is 0.452 bits per heavy atom. The number of para-hydroxylation sites is 2. The second-order valence-electron chi connectivity index (χ2n) is 19.7. The summed E-state index contributed by atoms with van der Waals surface area (Å²) in [5.41, 5.74) is 18.6. The number of hydrogen-bond donors (Lipinski definition) is 0. The molecule has 8 aromatic carbocycles. The van der Waals surface area contributed by atoms with Crippen molar-refractivity contribution in [1.82, 2.24) is 4.57 Å². The van der Waals surface area contributed by atoms with Crippen molar-refractivity contribution in [2.45, 2.75) is 52.4 Å². The molecule has 2 aliphatic rings. The lowest BCUT2D eigenvalue weighted by Gasteiger charge is -2.42. The second-order valence-corrected chi connectivity index (χ2v) is 19.7. The van der Waals surface area contributed by atoms with Crippen molar-refractivity contribution in [1.29, 1.82) is 0 Å². The van der Waals surface area contributed by atoms with Gasteiger partial charge in [0.1, 0.15) is 33.5 Å². The second kappa shape index (κ2) is 11.4. The van der Waals surface area contributed by atoms with E-state index in [0.717, 1.165) is 93.8 Å². The van der Waals surface area contributed by atoms with Gasteiger partial charge >= 0.3 is 6.85 Å². The van der Waals surface area contributed by atoms with Crippen LogP contribution in [0.5, 0.6) is 0 Å². The van der Waals surface area contributed by atoms with Crippen LogP contribution in [0.3, 0.4) is 0 Å². The molecular formula is C56H41BN2O3. The fourth-order valence-electron chi connectivity index (χ4n) is 11.0. The molecule has 0 spiro atoms. The van der Waals surface area contributed by atoms with Gasteiger partial charge in [-0.2, -0.15) is 0 Å². The predicted molar refractivity (Wildman–Crippen MR) is 259 cm³/mol. The van der Waals surface area contributed by atoms with Crippen LogP contribution in [0.4, 0.5) is 11.4 Å². The SMILES string of the molecule is CC(C)(C)c1ccc(N2B3c4cc5c(cc4-n4c6ccc7c8ccccc8oc7c6c6ccc(c3c64)-c3cc4c(cc32)oc2ccc(C(C)(C)C)cc24)oc2ccccc25)cc1. The third-order valence-electron chi connectivity index (χ3n) is 14.1. The zero-order chi connectivity index (χ0) is 41.6. The van der Waals surface area contributed by atoms with Gasteiger partial charge in [-0.25, -0.2) is 0 Å². The average Bonchev–Trinajstić information content (AvgIpc) is 4.02. The Hall–Kier alpha value is -7.18. The minimum Gasteiger partial charge on any atom is -0.456 e. The molecule has 0 unspecified atom stereocenters. The molecule has 6 heteroatoms. The molecule has 0 radical (unpaired) electrons. The van der Waals surface area contributed by atoms with E-state index in [2.05, 4.69) is 190 Å². The summed E-state index contributed by atoms with van der Waals surface area (Å²) in [6.45, 7) is 13.5. The highest BCUT2D eigenvalue weighted by molar-refractivity contribution is 6.94. The first-order chi connectivity index (χ1) is 30.0. The summed E-state index contributed by atoms with van der Waals surface area (Å²) in [4.78, 5) is 2.58. The van der Waals surface area contributed by atoms with Crippen LogP contribution in [0.2, 0.25) is 0 Å². The first kappa shape index (κ1) is 34.5. The Kier molecular flexibility index (Phi) is 6.34. The van der Waals surface area contributed by atoms with Crippen molar-refractivity contribution in [3.05, 3.63) is 151 Å². The van der Waals surface area contributed by atoms with Crippen LogP contribution >= 0.6 is 0 Å². The van der Waals surface area contributed by atoms with E-state index in [-0.39, 0.29) is 17.7 Å². The fourth-order valence-corrected chi connectivity index (χ4v) is 11.0. The van der Waals surface area contributed by atoms with Crippen molar-refractivity contribution in [2.24, 2.45) is 0 Å². The van der Waals surface area contributed by atoms with Crippen LogP contribution in [0.15, 0.2) is 153 Å². The highest BCUT2D eigenvalue weighted by Crippen LogP contribution is 2.50. The average molecular weight is 801 g/mol. The normalized spacial score (nSPS) is 13.9. The van der Waals surface area contributed by atoms with Crippen molar-refractivity contribution < 1.29 is 13.3 Å². The molecule has 0 N–H and O–H groups in total. The minimum absolute atomic E-state index is 0.00221. The molecule has 6 heterocycles. The third-order valence-corrected chi connectivity index (χ3v) is 14.1. The zero-order valence-corrected chi connectivity index (χ0v) is 35.5. The van der Waals surface area contributed by atoms with Crippen LogP contribution in [0.1, 0.15) is 52.7 Å². The molecule has 0 fully saturated rings. The zero-order valence-electron chi connectivity index (χ0n) is 35.5. The van der Waals surface area contributed by atoms with E-state index >= 15 is 0 Å². The van der Waals surface area contributed by atoms with Crippen LogP contribution < -0.4 is 15.7 Å². The molecule has 0 atom stereocenters. The number of fused-ring (bicyclic) bond motifs is 18. The third kappa shape index (κ3) is 4.39. The van der Waals surface area contributed by atoms with Crippen molar-refractivity contribution >= 4 is 117 Å². The van der Waals surface area contributed by atoms with Crippen molar-refractivity contribution in [3.63, 3.8) is 0 Å². The molecule has 62 heavy (non-hydrogen) atoms. The first-order valence-electron chi connectivity index (χ1n) is 21.8. The molecule has 0 bridgehead atoms. The maximum Gasteiger partial charge on any atom is 0.333 e. The van der Waals surface area contributed by atoms with Gasteiger partial charge in [-0.15, -0.1) is 0 Å². The van der Waals surface area contributed by atoms with Gasteiger partial charge < -0.3 is 22.6 Å². The highest BCUT2D eigenvalue weighted by atomic mass is 16.3. The standard InChI is InChI=1S/C56H41BN2O3/c1-55(2,3)30-15-18-32(19-16-30)59-44-28-49-40(39-25-31(56(4,5)6)17-24-48(39)61-49)26-38(44)35-20-21-37-51-43(23-22-36-33-11-7-10-14-47(33)62-54(36)51)58-45-29-50-41(34-12-8-9-13-46(34)60-50)27-42(45)57(59)52(35)53(37)58/h7-29H,1-6H3. The highest BCUT2D eigenvalue weighted by Gasteiger charge is 2.45. The van der Waals surface area contributed by atoms with Gasteiger partial charge in [-0.05, 0) is 93.0 Å². The van der Waals surface area contributed by atoms with Gasteiger partial charge in [-0.1, -0.05) is 114 Å². The fraction of sp³-hybridized carbons (Fsp3) is 0.143. The number of rotatable bonds is 1. The summed E-state index contributed by atoms with van der Waals surface area (Å²) in [5, 5.41) is 9.08. The molecule has 14 rings (SSSR count). The van der Waals surface area contributed by atoms with Crippen molar-refractivity contribution in [3.8, 4) is 16.8 Å². The summed E-state index contributed by atoms with van der Waals surface area (Å²) in [5.74, 6) is 0. The Labute approximate surface area is 357 Å². The van der Waals surface area contributed by atoms with Gasteiger partial charge in [-0.3, -0.25) is 0 Å². The monoisotopic (exact) mass is 800 g/mol. The predicted octanol–water partition coefficient (Wildman–Crippen LogP) is 14.3. The number of anilines is 2. The van der Waals surface area contributed by atoms with Gasteiger partial charge in [0.25, 0.3) is 0 Å². The summed E-state index contributed by atoms with van der Waals surface area (Å²) in [6, 6.07) is 51.4. The van der Waals surface area contributed by atoms with E-state index in [1.165, 1.54) is 44.1 Å². The van der Waals surface area contributed by atoms with E-state index in [1.807, 2.05) is 0 Å². The molecular weight excluding hydrogens is 759 g/mol. The summed E-state index contributed by atoms with van der Waals surface area (Å²) in [7, 11) is 0. The molecule has 0 amide bonds. The van der Waals surface area contributed by atoms with Crippen molar-refractivity contribution in [2.75, 3.05) is 4.81 Å². The number of hydrogen-bond acceptors (Lipinski definition) is 4. The van der Waals surface area contributed by atoms with Crippen LogP contribution in [0, 0.1) is 0 Å². The molecule has 4 aromatic heterocycles. The Balaban J connectivity index is 1.16. The lowest BCUT2D eigenvalue weighted by Crippen LogP contribution is -2.60. The van der Waals surface area contributed by atoms with Gasteiger partial charge in [0.2, 0.25) is 0 Å². The maximum atomic E-state index is 6.83. The van der Waals surface area contributed by atoms with E-state index < -0.39 is 0 Å². The molecule has 296 valence electrons. The first-order valence-corrected chi connectivity index (χ1v) is 21.8. The van der Waals surface area contributed by atoms with E-state index in [4.69, 9.17) is 13.3 Å². The van der Waals surface area contributed by atoms with E-state index in [1.54, 1.807) is 0 Å². The van der Waals surface area contributed by atoms with Gasteiger partial charge in [0, 0.05) is 72.5 Å². The smallest absolute Gasteiger partial charge is 0.333 e. The number of nitrogens with zero attached hydrogens (tertiary/aromatic N) is 2. The molecule has 12 aromatic rings. The molecule has 0 aliphatic carbocycles. The van der Waals surface area contributed by atoms with Gasteiger partial charge in [0.15, 0.2) is 0 Å². The number of furan rings is 3. The quantitative estimate of drug-likeness (QED) is 0.155. The van der Waals surface area contributed by atoms with Gasteiger partial charge in [0.05, 0.1) is 16.4 Å². The topological polar surface area (TPSA) is 47.6 Å². The van der Waals surface area contributed by atoms with Crippen LogP contribution in [-0.2, 0) is 10.8 Å². The lowest BCUT2D eigenvalue weighted by atomic mass is 9.44. The number of aromatic nitrogens is 1. The molecule has 2 aliphatic heterocycles. The summed E-state index contributed by atoms with van der Waals surface area (Å²) >= 11 is 0. The van der Waals surface area contributed by atoms with Crippen LogP contribution in [-0.4, -0.2) is 11.4 Å². The molecule has 0 saturated heterocycles. The van der Waals surface area contributed by atoms with E-state index in [9.17, 15) is 0 Å². The largest absolute Gasteiger partial charge is 0.456 e. The Morgan fingerprint density at radius 3 is 1.81 bits per heavy atom. The molecule has 0 saturated carbocycles. The number of benzene rings is 8. The molecule has 5 nitrogen and oxygen atoms in total. The van der Waals surface area contributed by atoms with Crippen LogP contribution in [0.25, 0.3) is 104 Å².